The van der Waals surface area contributed by atoms with Gasteiger partial charge in [0.1, 0.15) is 4.88 Å². The fourth-order valence-electron chi connectivity index (χ4n) is 4.02. The highest BCUT2D eigenvalue weighted by atomic mass is 32.2. The van der Waals surface area contributed by atoms with Crippen LogP contribution >= 0.6 is 34.4 Å². The molecule has 1 unspecified atom stereocenters. The molecule has 0 aromatic carbocycles. The summed E-state index contributed by atoms with van der Waals surface area (Å²) in [4.78, 5) is 32.7. The molecule has 3 heterocycles. The van der Waals surface area contributed by atoms with E-state index in [1.54, 1.807) is 21.0 Å². The standard InChI is InChI=1S/C23H30N6O2S3/c1-6-9-29-20(16-11-32-17-10-13(2)7-8-15(16)17)26-27-23(29)33-12-18(30)25-22-24-14(3)19(34-22)21(31)28(4)5/h11,13H,6-10,12H2,1-5H3,(H,24,25,30). The highest BCUT2D eigenvalue weighted by Gasteiger charge is 2.25. The fraction of sp³-hybridized carbons (Fsp3) is 0.522. The van der Waals surface area contributed by atoms with E-state index < -0.39 is 0 Å². The first-order valence-electron chi connectivity index (χ1n) is 11.4. The molecule has 11 heteroatoms. The molecule has 3 aromatic heterocycles. The number of thioether (sulfide) groups is 1. The number of thiazole rings is 1. The summed E-state index contributed by atoms with van der Waals surface area (Å²) < 4.78 is 2.14. The largest absolute Gasteiger partial charge is 0.344 e. The normalized spacial score (nSPS) is 15.3. The van der Waals surface area contributed by atoms with Gasteiger partial charge in [0.2, 0.25) is 5.91 Å². The quantitative estimate of drug-likeness (QED) is 0.433. The van der Waals surface area contributed by atoms with Crippen molar-refractivity contribution in [2.75, 3.05) is 25.2 Å². The Kier molecular flexibility index (Phi) is 7.73. The summed E-state index contributed by atoms with van der Waals surface area (Å²) in [6.07, 6.45) is 4.39. The van der Waals surface area contributed by atoms with Crippen molar-refractivity contribution in [3.8, 4) is 11.4 Å². The van der Waals surface area contributed by atoms with Gasteiger partial charge >= 0.3 is 0 Å². The summed E-state index contributed by atoms with van der Waals surface area (Å²) in [5.74, 6) is 1.53. The minimum atomic E-state index is -0.183. The number of nitrogens with zero attached hydrogens (tertiary/aromatic N) is 5. The summed E-state index contributed by atoms with van der Waals surface area (Å²) in [6.45, 7) is 7.02. The topological polar surface area (TPSA) is 93.0 Å². The molecule has 4 rings (SSSR count). The zero-order valence-corrected chi connectivity index (χ0v) is 22.6. The number of thiophene rings is 1. The predicted octanol–water partition coefficient (Wildman–Crippen LogP) is 4.74. The van der Waals surface area contributed by atoms with Crippen molar-refractivity contribution in [3.63, 3.8) is 0 Å². The van der Waals surface area contributed by atoms with Crippen LogP contribution in [0, 0.1) is 12.8 Å². The van der Waals surface area contributed by atoms with Crippen molar-refractivity contribution < 1.29 is 9.59 Å². The van der Waals surface area contributed by atoms with E-state index in [1.165, 1.54) is 50.4 Å². The average Bonchev–Trinajstić information content (AvgIpc) is 3.48. The van der Waals surface area contributed by atoms with Crippen LogP contribution in [0.1, 0.15) is 52.5 Å². The van der Waals surface area contributed by atoms with Gasteiger partial charge in [-0.1, -0.05) is 36.9 Å². The Morgan fingerprint density at radius 2 is 2.12 bits per heavy atom. The zero-order valence-electron chi connectivity index (χ0n) is 20.2. The minimum absolute atomic E-state index is 0.116. The molecule has 0 saturated heterocycles. The third-order valence-corrected chi connectivity index (χ3v) is 8.86. The second-order valence-corrected chi connectivity index (χ2v) is 11.7. The first kappa shape index (κ1) is 24.9. The lowest BCUT2D eigenvalue weighted by Crippen LogP contribution is -2.21. The van der Waals surface area contributed by atoms with E-state index in [0.29, 0.717) is 15.7 Å². The van der Waals surface area contributed by atoms with Gasteiger partial charge in [0.25, 0.3) is 5.91 Å². The molecular weight excluding hydrogens is 488 g/mol. The number of nitrogens with one attached hydrogen (secondary N) is 1. The summed E-state index contributed by atoms with van der Waals surface area (Å²) >= 11 is 4.40. The van der Waals surface area contributed by atoms with E-state index in [0.717, 1.165) is 42.7 Å². The molecule has 1 aliphatic rings. The molecule has 0 fully saturated rings. The SMILES string of the molecule is CCCn1c(SCC(=O)Nc2nc(C)c(C(=O)N(C)C)s2)nnc1-c1csc2c1CCC(C)C2. The van der Waals surface area contributed by atoms with Crippen molar-refractivity contribution >= 4 is 51.4 Å². The van der Waals surface area contributed by atoms with E-state index in [2.05, 4.69) is 44.3 Å². The number of hydrogen-bond donors (Lipinski definition) is 1. The van der Waals surface area contributed by atoms with E-state index in [1.807, 2.05) is 11.3 Å². The second kappa shape index (κ2) is 10.6. The van der Waals surface area contributed by atoms with Gasteiger partial charge < -0.3 is 14.8 Å². The van der Waals surface area contributed by atoms with Crippen LogP contribution in [0.25, 0.3) is 11.4 Å². The highest BCUT2D eigenvalue weighted by molar-refractivity contribution is 7.99. The summed E-state index contributed by atoms with van der Waals surface area (Å²) in [5, 5.41) is 15.2. The van der Waals surface area contributed by atoms with Crippen LogP contribution in [0.2, 0.25) is 0 Å². The number of fused-ring (bicyclic) bond motifs is 1. The summed E-state index contributed by atoms with van der Waals surface area (Å²) in [5.41, 5.74) is 3.23. The van der Waals surface area contributed by atoms with Gasteiger partial charge in [0.05, 0.1) is 11.4 Å². The van der Waals surface area contributed by atoms with E-state index in [-0.39, 0.29) is 17.6 Å². The van der Waals surface area contributed by atoms with Gasteiger partial charge in [-0.2, -0.15) is 0 Å². The number of aryl methyl sites for hydroxylation is 1. The van der Waals surface area contributed by atoms with Gasteiger partial charge in [-0.05, 0) is 44.1 Å². The van der Waals surface area contributed by atoms with Crippen LogP contribution in [0.4, 0.5) is 5.13 Å². The molecule has 3 aromatic rings. The van der Waals surface area contributed by atoms with Crippen molar-refractivity contribution in [2.24, 2.45) is 5.92 Å². The van der Waals surface area contributed by atoms with Crippen LogP contribution in [0.5, 0.6) is 0 Å². The Hall–Kier alpha value is -2.24. The van der Waals surface area contributed by atoms with Crippen LogP contribution in [0.3, 0.4) is 0 Å². The fourth-order valence-corrected chi connectivity index (χ4v) is 7.03. The molecule has 0 radical (unpaired) electrons. The summed E-state index contributed by atoms with van der Waals surface area (Å²) in [6, 6.07) is 0. The minimum Gasteiger partial charge on any atom is -0.344 e. The molecule has 1 N–H and O–H groups in total. The monoisotopic (exact) mass is 518 g/mol. The third-order valence-electron chi connectivity index (χ3n) is 5.78. The highest BCUT2D eigenvalue weighted by Crippen LogP contribution is 2.38. The Bertz CT molecular complexity index is 1200. The first-order valence-corrected chi connectivity index (χ1v) is 14.1. The average molecular weight is 519 g/mol. The molecular formula is C23H30N6O2S3. The van der Waals surface area contributed by atoms with Gasteiger partial charge in [0, 0.05) is 36.5 Å². The van der Waals surface area contributed by atoms with Crippen molar-refractivity contribution in [3.05, 3.63) is 26.4 Å². The molecule has 0 saturated carbocycles. The molecule has 1 aliphatic carbocycles. The van der Waals surface area contributed by atoms with Crippen LogP contribution < -0.4 is 5.32 Å². The van der Waals surface area contributed by atoms with Crippen molar-refractivity contribution in [1.29, 1.82) is 0 Å². The molecule has 0 aliphatic heterocycles. The number of anilines is 1. The second-order valence-electron chi connectivity index (χ2n) is 8.83. The van der Waals surface area contributed by atoms with Crippen LogP contribution in [-0.2, 0) is 24.2 Å². The Morgan fingerprint density at radius 3 is 2.85 bits per heavy atom. The first-order chi connectivity index (χ1) is 16.3. The molecule has 8 nitrogen and oxygen atoms in total. The summed E-state index contributed by atoms with van der Waals surface area (Å²) in [7, 11) is 3.40. The molecule has 182 valence electrons. The molecule has 0 spiro atoms. The Balaban J connectivity index is 1.46. The maximum atomic E-state index is 12.6. The number of hydrogen-bond acceptors (Lipinski definition) is 8. The lowest BCUT2D eigenvalue weighted by Gasteiger charge is -2.19. The maximum absolute atomic E-state index is 12.6. The zero-order chi connectivity index (χ0) is 24.4. The van der Waals surface area contributed by atoms with Crippen LogP contribution in [-0.4, -0.2) is 56.3 Å². The maximum Gasteiger partial charge on any atom is 0.265 e. The lowest BCUT2D eigenvalue weighted by atomic mass is 9.88. The molecule has 34 heavy (non-hydrogen) atoms. The number of rotatable bonds is 8. The van der Waals surface area contributed by atoms with Gasteiger partial charge in [-0.3, -0.25) is 9.59 Å². The smallest absolute Gasteiger partial charge is 0.265 e. The lowest BCUT2D eigenvalue weighted by molar-refractivity contribution is -0.113. The third kappa shape index (κ3) is 5.21. The Labute approximate surface area is 212 Å². The molecule has 0 bridgehead atoms. The van der Waals surface area contributed by atoms with Gasteiger partial charge in [-0.15, -0.1) is 21.5 Å². The molecule has 1 atom stereocenters. The number of carbonyl (C=O) groups is 2. The van der Waals surface area contributed by atoms with E-state index in [9.17, 15) is 9.59 Å². The molecule has 2 amide bonds. The van der Waals surface area contributed by atoms with Gasteiger partial charge in [-0.25, -0.2) is 4.98 Å². The van der Waals surface area contributed by atoms with E-state index >= 15 is 0 Å². The number of amides is 2. The number of carbonyl (C=O) groups excluding carboxylic acids is 2. The Morgan fingerprint density at radius 1 is 1.32 bits per heavy atom. The van der Waals surface area contributed by atoms with Gasteiger partial charge in [0.15, 0.2) is 16.1 Å². The number of aromatic nitrogens is 4. The van der Waals surface area contributed by atoms with Crippen molar-refractivity contribution in [2.45, 2.75) is 58.2 Å². The predicted molar refractivity (Wildman–Crippen MR) is 139 cm³/mol. The van der Waals surface area contributed by atoms with E-state index in [4.69, 9.17) is 0 Å². The van der Waals surface area contributed by atoms with Crippen molar-refractivity contribution in [1.82, 2.24) is 24.6 Å². The van der Waals surface area contributed by atoms with Crippen LogP contribution in [0.15, 0.2) is 10.5 Å².